The first-order valence-corrected chi connectivity index (χ1v) is 6.06. The Hall–Kier alpha value is -2.33. The molecule has 0 saturated carbocycles. The van der Waals surface area contributed by atoms with Gasteiger partial charge in [0.25, 0.3) is 0 Å². The lowest BCUT2D eigenvalue weighted by molar-refractivity contribution is 0.201. The molecule has 4 nitrogen and oxygen atoms in total. The lowest BCUT2D eigenvalue weighted by Crippen LogP contribution is -2.01. The van der Waals surface area contributed by atoms with Gasteiger partial charge in [0.2, 0.25) is 5.89 Å². The van der Waals surface area contributed by atoms with E-state index in [9.17, 15) is 0 Å². The van der Waals surface area contributed by atoms with Gasteiger partial charge in [-0.25, -0.2) is 4.98 Å². The molecule has 3 aromatic rings. The molecule has 3 rings (SSSR count). The molecule has 1 N–H and O–H groups in total. The second-order valence-corrected chi connectivity index (χ2v) is 4.09. The standard InChI is InChI=1S/C15H13NO3/c17-8-9-18-12-6-7-13-14(10-12)19-15(16-13)11-4-2-1-3-5-11/h1-7,10,17H,8-9H2. The number of hydrogen-bond donors (Lipinski definition) is 1. The smallest absolute Gasteiger partial charge is 0.227 e. The van der Waals surface area contributed by atoms with Crippen molar-refractivity contribution in [3.8, 4) is 17.2 Å². The third-order valence-corrected chi connectivity index (χ3v) is 2.74. The van der Waals surface area contributed by atoms with E-state index in [0.717, 1.165) is 11.1 Å². The molecule has 2 aromatic carbocycles. The first-order valence-electron chi connectivity index (χ1n) is 6.06. The summed E-state index contributed by atoms with van der Waals surface area (Å²) < 4.78 is 11.1. The van der Waals surface area contributed by atoms with Crippen molar-refractivity contribution in [1.82, 2.24) is 4.98 Å². The number of benzene rings is 2. The van der Waals surface area contributed by atoms with Gasteiger partial charge in [-0.15, -0.1) is 0 Å². The molecule has 0 amide bonds. The van der Waals surface area contributed by atoms with Gasteiger partial charge >= 0.3 is 0 Å². The van der Waals surface area contributed by atoms with Crippen LogP contribution in [-0.2, 0) is 0 Å². The zero-order valence-corrected chi connectivity index (χ0v) is 10.2. The molecule has 19 heavy (non-hydrogen) atoms. The summed E-state index contributed by atoms with van der Waals surface area (Å²) in [5.41, 5.74) is 2.40. The Morgan fingerprint density at radius 3 is 2.74 bits per heavy atom. The summed E-state index contributed by atoms with van der Waals surface area (Å²) in [6.07, 6.45) is 0. The predicted octanol–water partition coefficient (Wildman–Crippen LogP) is 2.87. The van der Waals surface area contributed by atoms with Gasteiger partial charge in [0.15, 0.2) is 5.58 Å². The summed E-state index contributed by atoms with van der Waals surface area (Å²) in [5.74, 6) is 1.26. The van der Waals surface area contributed by atoms with Gasteiger partial charge < -0.3 is 14.3 Å². The fourth-order valence-electron chi connectivity index (χ4n) is 1.86. The Balaban J connectivity index is 1.97. The largest absolute Gasteiger partial charge is 0.491 e. The minimum absolute atomic E-state index is 0.0102. The molecule has 0 bridgehead atoms. The van der Waals surface area contributed by atoms with Gasteiger partial charge in [0.1, 0.15) is 17.9 Å². The van der Waals surface area contributed by atoms with Crippen molar-refractivity contribution < 1.29 is 14.3 Å². The number of oxazole rings is 1. The normalized spacial score (nSPS) is 10.8. The van der Waals surface area contributed by atoms with Gasteiger partial charge in [-0.2, -0.15) is 0 Å². The number of hydrogen-bond acceptors (Lipinski definition) is 4. The van der Waals surface area contributed by atoms with Crippen LogP contribution in [0.3, 0.4) is 0 Å². The van der Waals surface area contributed by atoms with Gasteiger partial charge in [-0.1, -0.05) is 18.2 Å². The highest BCUT2D eigenvalue weighted by molar-refractivity contribution is 5.77. The molecule has 0 aliphatic heterocycles. The Morgan fingerprint density at radius 2 is 1.95 bits per heavy atom. The molecule has 0 fully saturated rings. The number of aliphatic hydroxyl groups excluding tert-OH is 1. The molecule has 96 valence electrons. The lowest BCUT2D eigenvalue weighted by atomic mass is 10.2. The number of aliphatic hydroxyl groups is 1. The van der Waals surface area contributed by atoms with Gasteiger partial charge in [0.05, 0.1) is 6.61 Å². The van der Waals surface area contributed by atoms with Crippen molar-refractivity contribution in [1.29, 1.82) is 0 Å². The number of nitrogens with zero attached hydrogens (tertiary/aromatic N) is 1. The minimum atomic E-state index is -0.0102. The summed E-state index contributed by atoms with van der Waals surface area (Å²) >= 11 is 0. The van der Waals surface area contributed by atoms with Crippen LogP contribution in [0, 0.1) is 0 Å². The summed E-state index contributed by atoms with van der Waals surface area (Å²) in [7, 11) is 0. The molecule has 0 aliphatic rings. The highest BCUT2D eigenvalue weighted by Gasteiger charge is 2.08. The van der Waals surface area contributed by atoms with E-state index < -0.39 is 0 Å². The van der Waals surface area contributed by atoms with Crippen molar-refractivity contribution in [2.45, 2.75) is 0 Å². The van der Waals surface area contributed by atoms with Crippen LogP contribution in [0.15, 0.2) is 52.9 Å². The van der Waals surface area contributed by atoms with Crippen LogP contribution in [0.25, 0.3) is 22.6 Å². The van der Waals surface area contributed by atoms with E-state index in [1.807, 2.05) is 42.5 Å². The molecule has 0 unspecified atom stereocenters. The van der Waals surface area contributed by atoms with E-state index in [1.165, 1.54) is 0 Å². The molecule has 1 heterocycles. The van der Waals surface area contributed by atoms with E-state index in [4.69, 9.17) is 14.3 Å². The number of fused-ring (bicyclic) bond motifs is 1. The monoisotopic (exact) mass is 255 g/mol. The van der Waals surface area contributed by atoms with Gasteiger partial charge in [-0.3, -0.25) is 0 Å². The maximum atomic E-state index is 8.73. The highest BCUT2D eigenvalue weighted by atomic mass is 16.5. The fraction of sp³-hybridized carbons (Fsp3) is 0.133. The summed E-state index contributed by atoms with van der Waals surface area (Å²) in [4.78, 5) is 4.43. The summed E-state index contributed by atoms with van der Waals surface area (Å²) in [6.45, 7) is 0.259. The van der Waals surface area contributed by atoms with Crippen molar-refractivity contribution in [2.24, 2.45) is 0 Å². The molecule has 0 saturated heterocycles. The van der Waals surface area contributed by atoms with Crippen LogP contribution in [-0.4, -0.2) is 23.3 Å². The van der Waals surface area contributed by atoms with Crippen molar-refractivity contribution in [3.63, 3.8) is 0 Å². The van der Waals surface area contributed by atoms with Gasteiger partial charge in [0, 0.05) is 11.6 Å². The molecule has 0 radical (unpaired) electrons. The van der Waals surface area contributed by atoms with Crippen LogP contribution >= 0.6 is 0 Å². The first-order chi connectivity index (χ1) is 9.36. The SMILES string of the molecule is OCCOc1ccc2nc(-c3ccccc3)oc2c1. The van der Waals surface area contributed by atoms with Gasteiger partial charge in [-0.05, 0) is 24.3 Å². The number of aromatic nitrogens is 1. The number of rotatable bonds is 4. The van der Waals surface area contributed by atoms with E-state index in [-0.39, 0.29) is 13.2 Å². The fourth-order valence-corrected chi connectivity index (χ4v) is 1.86. The quantitative estimate of drug-likeness (QED) is 0.778. The van der Waals surface area contributed by atoms with Crippen molar-refractivity contribution >= 4 is 11.1 Å². The van der Waals surface area contributed by atoms with Crippen LogP contribution in [0.4, 0.5) is 0 Å². The lowest BCUT2D eigenvalue weighted by Gasteiger charge is -2.02. The van der Waals surface area contributed by atoms with E-state index in [2.05, 4.69) is 4.98 Å². The van der Waals surface area contributed by atoms with Crippen LogP contribution in [0.2, 0.25) is 0 Å². The molecule has 1 aromatic heterocycles. The average Bonchev–Trinajstić information content (AvgIpc) is 2.89. The third kappa shape index (κ3) is 2.44. The van der Waals surface area contributed by atoms with E-state index in [1.54, 1.807) is 6.07 Å². The summed E-state index contributed by atoms with van der Waals surface area (Å²) in [6, 6.07) is 15.2. The number of ether oxygens (including phenoxy) is 1. The Labute approximate surface area is 110 Å². The Kier molecular flexibility index (Phi) is 3.16. The summed E-state index contributed by atoms with van der Waals surface area (Å²) in [5, 5.41) is 8.73. The van der Waals surface area contributed by atoms with E-state index in [0.29, 0.717) is 17.2 Å². The van der Waals surface area contributed by atoms with E-state index >= 15 is 0 Å². The first kappa shape index (κ1) is 11.7. The zero-order chi connectivity index (χ0) is 13.1. The molecule has 0 atom stereocenters. The van der Waals surface area contributed by atoms with Crippen molar-refractivity contribution in [3.05, 3.63) is 48.5 Å². The van der Waals surface area contributed by atoms with Crippen LogP contribution in [0.5, 0.6) is 5.75 Å². The second-order valence-electron chi connectivity index (χ2n) is 4.09. The molecular formula is C15H13NO3. The minimum Gasteiger partial charge on any atom is -0.491 e. The van der Waals surface area contributed by atoms with Crippen molar-refractivity contribution in [2.75, 3.05) is 13.2 Å². The third-order valence-electron chi connectivity index (χ3n) is 2.74. The second kappa shape index (κ2) is 5.12. The Bertz CT molecular complexity index is 676. The maximum absolute atomic E-state index is 8.73. The predicted molar refractivity (Wildman–Crippen MR) is 72.0 cm³/mol. The van der Waals surface area contributed by atoms with Crippen LogP contribution < -0.4 is 4.74 Å². The average molecular weight is 255 g/mol. The maximum Gasteiger partial charge on any atom is 0.227 e. The highest BCUT2D eigenvalue weighted by Crippen LogP contribution is 2.26. The topological polar surface area (TPSA) is 55.5 Å². The Morgan fingerprint density at radius 1 is 1.11 bits per heavy atom. The zero-order valence-electron chi connectivity index (χ0n) is 10.2. The molecule has 0 spiro atoms. The molecular weight excluding hydrogens is 242 g/mol. The van der Waals surface area contributed by atoms with Crippen LogP contribution in [0.1, 0.15) is 0 Å². The molecule has 0 aliphatic carbocycles. The molecule has 4 heteroatoms.